The molecule has 0 N–H and O–H groups in total. The zero-order valence-corrected chi connectivity index (χ0v) is 15.4. The fraction of sp³-hybridized carbons (Fsp3) is 0.500. The van der Waals surface area contributed by atoms with Gasteiger partial charge in [0.2, 0.25) is 5.69 Å². The Bertz CT molecular complexity index is 873. The monoisotopic (exact) mass is 315 g/mol. The lowest BCUT2D eigenvalue weighted by Gasteiger charge is -2.21. The summed E-state index contributed by atoms with van der Waals surface area (Å²) in [6, 6.07) is 9.61. The van der Waals surface area contributed by atoms with Gasteiger partial charge < -0.3 is 0 Å². The molecule has 0 aliphatic heterocycles. The molecule has 1 aromatic carbocycles. The van der Waals surface area contributed by atoms with Crippen molar-refractivity contribution in [3.8, 4) is 11.3 Å². The Hall–Kier alpha value is -1.63. The Morgan fingerprint density at radius 2 is 1.83 bits per heavy atom. The molecule has 1 aromatic heterocycles. The predicted molar refractivity (Wildman–Crippen MR) is 99.5 cm³/mol. The smallest absolute Gasteiger partial charge is 0.201 e. The molecule has 1 heterocycles. The van der Waals surface area contributed by atoms with E-state index in [9.17, 15) is 0 Å². The summed E-state index contributed by atoms with van der Waals surface area (Å²) in [5.41, 5.74) is 2.62. The fourth-order valence-electron chi connectivity index (χ4n) is 2.65. The zero-order valence-electron chi connectivity index (χ0n) is 20.4. The molecule has 2 rings (SSSR count). The predicted octanol–water partition coefficient (Wildman–Crippen LogP) is 5.27. The van der Waals surface area contributed by atoms with Crippen LogP contribution < -0.4 is 4.57 Å². The molecule has 0 bridgehead atoms. The first-order valence-electron chi connectivity index (χ1n) is 10.6. The third kappa shape index (κ3) is 4.67. The molecule has 0 atom stereocenters. The van der Waals surface area contributed by atoms with Gasteiger partial charge in [-0.15, -0.1) is 0 Å². The molecule has 23 heavy (non-hydrogen) atoms. The second kappa shape index (κ2) is 6.86. The number of hydrogen-bond donors (Lipinski definition) is 0. The van der Waals surface area contributed by atoms with E-state index < -0.39 is 24.1 Å². The fourth-order valence-corrected chi connectivity index (χ4v) is 2.65. The normalized spacial score (nSPS) is 16.9. The van der Waals surface area contributed by atoms with Gasteiger partial charge in [-0.1, -0.05) is 52.8 Å². The maximum absolute atomic E-state index is 8.78. The Morgan fingerprint density at radius 1 is 1.17 bits per heavy atom. The van der Waals surface area contributed by atoms with Crippen LogP contribution in [0.4, 0.5) is 0 Å². The van der Waals surface area contributed by atoms with Crippen molar-refractivity contribution < 1.29 is 11.4 Å². The van der Waals surface area contributed by atoms with Crippen LogP contribution in [0.25, 0.3) is 11.3 Å². The SMILES string of the molecule is [2H]C(C)(C)C([2H])([2H])c1cc(-c2ccccc2C)[n+](C)cc1C([2H])([2H])C(C)(C)C. The van der Waals surface area contributed by atoms with Crippen molar-refractivity contribution in [2.75, 3.05) is 0 Å². The van der Waals surface area contributed by atoms with Crippen molar-refractivity contribution in [1.29, 1.82) is 0 Å². The van der Waals surface area contributed by atoms with E-state index in [-0.39, 0.29) is 5.56 Å². The summed E-state index contributed by atoms with van der Waals surface area (Å²) in [4.78, 5) is 0. The highest BCUT2D eigenvalue weighted by atomic mass is 14.9. The highest BCUT2D eigenvalue weighted by Crippen LogP contribution is 2.27. The van der Waals surface area contributed by atoms with E-state index in [0.717, 1.165) is 16.8 Å². The highest BCUT2D eigenvalue weighted by Gasteiger charge is 2.21. The van der Waals surface area contributed by atoms with Crippen LogP contribution in [0.5, 0.6) is 0 Å². The van der Waals surface area contributed by atoms with Crippen molar-refractivity contribution in [1.82, 2.24) is 0 Å². The van der Waals surface area contributed by atoms with Crippen molar-refractivity contribution in [2.24, 2.45) is 18.4 Å². The minimum absolute atomic E-state index is 0.240. The molecular weight excluding hydrogens is 278 g/mol. The summed E-state index contributed by atoms with van der Waals surface area (Å²) in [6.07, 6.45) is -2.11. The summed E-state index contributed by atoms with van der Waals surface area (Å²) in [5.74, 6) is -1.43. The summed E-state index contributed by atoms with van der Waals surface area (Å²) in [7, 11) is 1.86. The van der Waals surface area contributed by atoms with Gasteiger partial charge >= 0.3 is 0 Å². The number of benzene rings is 1. The summed E-state index contributed by atoms with van der Waals surface area (Å²) in [6.45, 7) is 10.5. The molecule has 124 valence electrons. The van der Waals surface area contributed by atoms with Gasteiger partial charge in [0.1, 0.15) is 7.05 Å². The molecule has 0 saturated carbocycles. The number of rotatable bonds is 4. The topological polar surface area (TPSA) is 3.88 Å². The second-order valence-electron chi connectivity index (χ2n) is 7.41. The Morgan fingerprint density at radius 3 is 2.39 bits per heavy atom. The van der Waals surface area contributed by atoms with Crippen LogP contribution in [0.1, 0.15) is 58.2 Å². The first-order valence-corrected chi connectivity index (χ1v) is 8.12. The van der Waals surface area contributed by atoms with Gasteiger partial charge in [-0.05, 0) is 48.2 Å². The molecule has 0 aliphatic carbocycles. The molecule has 0 saturated heterocycles. The van der Waals surface area contributed by atoms with E-state index in [1.165, 1.54) is 13.8 Å². The van der Waals surface area contributed by atoms with Crippen molar-refractivity contribution >= 4 is 0 Å². The lowest BCUT2D eigenvalue weighted by atomic mass is 9.85. The molecule has 1 heteroatoms. The second-order valence-corrected chi connectivity index (χ2v) is 7.41. The first kappa shape index (κ1) is 11.8. The standard InChI is InChI=1S/C22H32N/c1-16(2)12-18-13-21(20-11-9-8-10-17(20)3)23(7)15-19(18)14-22(4,5)6/h8-11,13,15-16H,12,14H2,1-7H3/q+1/i12D2,14D2,16D. The average molecular weight is 316 g/mol. The molecule has 0 radical (unpaired) electrons. The lowest BCUT2D eigenvalue weighted by Crippen LogP contribution is -2.33. The summed E-state index contributed by atoms with van der Waals surface area (Å²) >= 11 is 0. The van der Waals surface area contributed by atoms with Crippen LogP contribution in [0.15, 0.2) is 36.5 Å². The summed E-state index contributed by atoms with van der Waals surface area (Å²) in [5, 5.41) is 0. The number of aromatic nitrogens is 1. The van der Waals surface area contributed by atoms with Gasteiger partial charge in [0.15, 0.2) is 6.20 Å². The van der Waals surface area contributed by atoms with Gasteiger partial charge in [0.25, 0.3) is 0 Å². The third-order valence-electron chi connectivity index (χ3n) is 3.59. The third-order valence-corrected chi connectivity index (χ3v) is 3.59. The highest BCUT2D eigenvalue weighted by molar-refractivity contribution is 5.61. The van der Waals surface area contributed by atoms with Crippen LogP contribution >= 0.6 is 0 Å². The van der Waals surface area contributed by atoms with Crippen LogP contribution in [-0.2, 0) is 19.8 Å². The molecular formula is C22H32N+. The zero-order chi connectivity index (χ0) is 21.7. The Balaban J connectivity index is 2.93. The number of aryl methyl sites for hydroxylation is 2. The van der Waals surface area contributed by atoms with Gasteiger partial charge in [-0.3, -0.25) is 0 Å². The Labute approximate surface area is 149 Å². The van der Waals surface area contributed by atoms with E-state index in [0.29, 0.717) is 5.56 Å². The van der Waals surface area contributed by atoms with E-state index in [1.807, 2.05) is 63.6 Å². The molecule has 0 fully saturated rings. The van der Waals surface area contributed by atoms with E-state index in [4.69, 9.17) is 6.85 Å². The minimum atomic E-state index is -2.04. The summed E-state index contributed by atoms with van der Waals surface area (Å²) < 4.78 is 45.3. The quantitative estimate of drug-likeness (QED) is 0.676. The molecule has 2 aromatic rings. The van der Waals surface area contributed by atoms with Gasteiger partial charge in [0, 0.05) is 24.0 Å². The molecule has 0 aliphatic rings. The van der Waals surface area contributed by atoms with Crippen molar-refractivity contribution in [3.05, 3.63) is 53.2 Å². The maximum Gasteiger partial charge on any atom is 0.212 e. The van der Waals surface area contributed by atoms with E-state index in [1.54, 1.807) is 12.3 Å². The van der Waals surface area contributed by atoms with Crippen LogP contribution in [0, 0.1) is 18.2 Å². The van der Waals surface area contributed by atoms with Gasteiger partial charge in [-0.25, -0.2) is 4.57 Å². The van der Waals surface area contributed by atoms with E-state index >= 15 is 0 Å². The van der Waals surface area contributed by atoms with Crippen LogP contribution in [-0.4, -0.2) is 0 Å². The maximum atomic E-state index is 8.78. The molecule has 0 spiro atoms. The average Bonchev–Trinajstić information content (AvgIpc) is 2.53. The van der Waals surface area contributed by atoms with Gasteiger partial charge in [-0.2, -0.15) is 0 Å². The number of pyridine rings is 1. The lowest BCUT2D eigenvalue weighted by molar-refractivity contribution is -0.660. The van der Waals surface area contributed by atoms with Crippen molar-refractivity contribution in [2.45, 2.75) is 54.3 Å². The number of nitrogens with zero attached hydrogens (tertiary/aromatic N) is 1. The van der Waals surface area contributed by atoms with Crippen LogP contribution in [0.3, 0.4) is 0 Å². The largest absolute Gasteiger partial charge is 0.212 e. The van der Waals surface area contributed by atoms with E-state index in [2.05, 4.69) is 0 Å². The van der Waals surface area contributed by atoms with Crippen molar-refractivity contribution in [3.63, 3.8) is 0 Å². The Kier molecular flexibility index (Phi) is 3.53. The van der Waals surface area contributed by atoms with Gasteiger partial charge in [0.05, 0.1) is 0 Å². The number of hydrogen-bond acceptors (Lipinski definition) is 0. The van der Waals surface area contributed by atoms with Crippen LogP contribution in [0.2, 0.25) is 0 Å². The molecule has 1 nitrogen and oxygen atoms in total. The minimum Gasteiger partial charge on any atom is -0.201 e. The first-order chi connectivity index (χ1) is 12.5. The molecule has 0 amide bonds. The molecule has 0 unspecified atom stereocenters.